The summed E-state index contributed by atoms with van der Waals surface area (Å²) in [6.45, 7) is 8.99. The second kappa shape index (κ2) is 6.00. The molecule has 2 heteroatoms. The molecule has 0 aliphatic carbocycles. The summed E-state index contributed by atoms with van der Waals surface area (Å²) in [6.07, 6.45) is 2.04. The highest BCUT2D eigenvalue weighted by Gasteiger charge is 2.16. The summed E-state index contributed by atoms with van der Waals surface area (Å²) in [5, 5.41) is 3.36. The smallest absolute Gasteiger partial charge is 0.128 e. The quantitative estimate of drug-likeness (QED) is 0.798. The molecule has 0 heterocycles. The van der Waals surface area contributed by atoms with E-state index in [1.54, 1.807) is 6.07 Å². The van der Waals surface area contributed by atoms with Crippen LogP contribution in [0.2, 0.25) is 0 Å². The van der Waals surface area contributed by atoms with Gasteiger partial charge in [-0.1, -0.05) is 26.3 Å². The summed E-state index contributed by atoms with van der Waals surface area (Å²) < 4.78 is 14.0. The van der Waals surface area contributed by atoms with Gasteiger partial charge in [0.25, 0.3) is 0 Å². The Morgan fingerprint density at radius 3 is 2.44 bits per heavy atom. The van der Waals surface area contributed by atoms with Crippen LogP contribution in [0.4, 0.5) is 4.39 Å². The van der Waals surface area contributed by atoms with Gasteiger partial charge in [-0.05, 0) is 44.0 Å². The fourth-order valence-electron chi connectivity index (χ4n) is 2.25. The molecule has 0 bridgehead atoms. The molecule has 1 nitrogen and oxygen atoms in total. The number of hydrogen-bond acceptors (Lipinski definition) is 1. The fraction of sp³-hybridized carbons (Fsp3) is 0.571. The van der Waals surface area contributed by atoms with Crippen LogP contribution in [-0.2, 0) is 0 Å². The van der Waals surface area contributed by atoms with E-state index in [0.717, 1.165) is 36.1 Å². The lowest BCUT2D eigenvalue weighted by atomic mass is 9.95. The van der Waals surface area contributed by atoms with Gasteiger partial charge in [0, 0.05) is 11.6 Å². The van der Waals surface area contributed by atoms with Crippen molar-refractivity contribution in [2.45, 2.75) is 46.6 Å². The largest absolute Gasteiger partial charge is 0.310 e. The number of halogens is 1. The maximum atomic E-state index is 14.0. The monoisotopic (exact) mass is 223 g/mol. The molecule has 1 N–H and O–H groups in total. The topological polar surface area (TPSA) is 12.0 Å². The minimum absolute atomic E-state index is 0.0723. The molecular formula is C14H22FN. The van der Waals surface area contributed by atoms with Gasteiger partial charge < -0.3 is 5.32 Å². The third kappa shape index (κ3) is 3.05. The first kappa shape index (κ1) is 13.2. The maximum absolute atomic E-state index is 14.0. The van der Waals surface area contributed by atoms with Gasteiger partial charge in [0.2, 0.25) is 0 Å². The Labute approximate surface area is 98.1 Å². The van der Waals surface area contributed by atoms with Gasteiger partial charge in [-0.15, -0.1) is 0 Å². The average molecular weight is 223 g/mol. The zero-order valence-electron chi connectivity index (χ0n) is 10.7. The number of nitrogens with one attached hydrogen (secondary N) is 1. The standard InChI is InChI=1S/C14H22FN/c1-5-7-13(16-6-2)14-11(4)8-10(3)9-12(14)15/h8-9,13,16H,5-7H2,1-4H3. The molecule has 0 aliphatic rings. The van der Waals surface area contributed by atoms with Crippen LogP contribution in [-0.4, -0.2) is 6.54 Å². The number of hydrogen-bond donors (Lipinski definition) is 1. The first-order valence-electron chi connectivity index (χ1n) is 6.10. The van der Waals surface area contributed by atoms with Crippen LogP contribution in [0.1, 0.15) is 49.4 Å². The minimum Gasteiger partial charge on any atom is -0.310 e. The lowest BCUT2D eigenvalue weighted by molar-refractivity contribution is 0.478. The Bertz CT molecular complexity index is 318. The molecular weight excluding hydrogens is 201 g/mol. The molecule has 0 spiro atoms. The molecule has 0 aromatic heterocycles. The highest BCUT2D eigenvalue weighted by molar-refractivity contribution is 5.34. The molecule has 1 atom stereocenters. The Kier molecular flexibility index (Phi) is 4.94. The Hall–Kier alpha value is -0.890. The van der Waals surface area contributed by atoms with Crippen molar-refractivity contribution >= 4 is 0 Å². The van der Waals surface area contributed by atoms with Crippen LogP contribution < -0.4 is 5.32 Å². The number of benzene rings is 1. The van der Waals surface area contributed by atoms with Gasteiger partial charge in [-0.25, -0.2) is 4.39 Å². The molecule has 0 fully saturated rings. The van der Waals surface area contributed by atoms with Crippen LogP contribution in [0.5, 0.6) is 0 Å². The molecule has 1 aromatic carbocycles. The van der Waals surface area contributed by atoms with Crippen LogP contribution in [0.25, 0.3) is 0 Å². The third-order valence-electron chi connectivity index (χ3n) is 2.86. The van der Waals surface area contributed by atoms with Gasteiger partial charge in [0.15, 0.2) is 0 Å². The summed E-state index contributed by atoms with van der Waals surface area (Å²) in [7, 11) is 0. The third-order valence-corrected chi connectivity index (χ3v) is 2.86. The molecule has 0 radical (unpaired) electrons. The Morgan fingerprint density at radius 1 is 1.25 bits per heavy atom. The van der Waals surface area contributed by atoms with E-state index in [1.165, 1.54) is 0 Å². The van der Waals surface area contributed by atoms with E-state index in [0.29, 0.717) is 0 Å². The first-order valence-corrected chi connectivity index (χ1v) is 6.10. The SMILES string of the molecule is CCCC(NCC)c1c(C)cc(C)cc1F. The number of rotatable bonds is 5. The average Bonchev–Trinajstić information content (AvgIpc) is 2.16. The highest BCUT2D eigenvalue weighted by atomic mass is 19.1. The van der Waals surface area contributed by atoms with Crippen LogP contribution >= 0.6 is 0 Å². The predicted molar refractivity (Wildman–Crippen MR) is 67.2 cm³/mol. The van der Waals surface area contributed by atoms with Gasteiger partial charge >= 0.3 is 0 Å². The van der Waals surface area contributed by atoms with Crippen LogP contribution in [0, 0.1) is 19.7 Å². The first-order chi connectivity index (χ1) is 7.60. The molecule has 1 aromatic rings. The van der Waals surface area contributed by atoms with E-state index in [2.05, 4.69) is 25.2 Å². The molecule has 16 heavy (non-hydrogen) atoms. The minimum atomic E-state index is -0.0723. The molecule has 1 rings (SSSR count). The fourth-order valence-corrected chi connectivity index (χ4v) is 2.25. The zero-order valence-corrected chi connectivity index (χ0v) is 10.7. The molecule has 90 valence electrons. The van der Waals surface area contributed by atoms with Crippen molar-refractivity contribution < 1.29 is 4.39 Å². The second-order valence-electron chi connectivity index (χ2n) is 4.38. The summed E-state index contributed by atoms with van der Waals surface area (Å²) in [6, 6.07) is 3.83. The number of aryl methyl sites for hydroxylation is 2. The Balaban J connectivity index is 3.07. The van der Waals surface area contributed by atoms with Crippen molar-refractivity contribution in [3.05, 3.63) is 34.6 Å². The van der Waals surface area contributed by atoms with Gasteiger partial charge in [0.05, 0.1) is 0 Å². The highest BCUT2D eigenvalue weighted by Crippen LogP contribution is 2.26. The molecule has 0 aliphatic heterocycles. The van der Waals surface area contributed by atoms with Gasteiger partial charge in [-0.3, -0.25) is 0 Å². The lowest BCUT2D eigenvalue weighted by Crippen LogP contribution is -2.22. The summed E-state index contributed by atoms with van der Waals surface area (Å²) in [5.41, 5.74) is 2.89. The zero-order chi connectivity index (χ0) is 12.1. The van der Waals surface area contributed by atoms with E-state index in [4.69, 9.17) is 0 Å². The van der Waals surface area contributed by atoms with Crippen molar-refractivity contribution in [1.82, 2.24) is 5.32 Å². The van der Waals surface area contributed by atoms with E-state index >= 15 is 0 Å². The van der Waals surface area contributed by atoms with E-state index in [9.17, 15) is 4.39 Å². The van der Waals surface area contributed by atoms with E-state index in [1.807, 2.05) is 13.8 Å². The van der Waals surface area contributed by atoms with Crippen molar-refractivity contribution in [3.8, 4) is 0 Å². The summed E-state index contributed by atoms with van der Waals surface area (Å²) >= 11 is 0. The van der Waals surface area contributed by atoms with Crippen molar-refractivity contribution in [1.29, 1.82) is 0 Å². The maximum Gasteiger partial charge on any atom is 0.128 e. The van der Waals surface area contributed by atoms with E-state index in [-0.39, 0.29) is 11.9 Å². The molecule has 0 saturated carbocycles. The van der Waals surface area contributed by atoms with Crippen LogP contribution in [0.15, 0.2) is 12.1 Å². The van der Waals surface area contributed by atoms with Crippen molar-refractivity contribution in [2.24, 2.45) is 0 Å². The van der Waals surface area contributed by atoms with Gasteiger partial charge in [0.1, 0.15) is 5.82 Å². The van der Waals surface area contributed by atoms with E-state index < -0.39 is 0 Å². The van der Waals surface area contributed by atoms with Crippen molar-refractivity contribution in [3.63, 3.8) is 0 Å². The molecule has 1 unspecified atom stereocenters. The molecule has 0 saturated heterocycles. The molecule has 0 amide bonds. The second-order valence-corrected chi connectivity index (χ2v) is 4.38. The normalized spacial score (nSPS) is 12.8. The van der Waals surface area contributed by atoms with Crippen molar-refractivity contribution in [2.75, 3.05) is 6.54 Å². The van der Waals surface area contributed by atoms with Crippen LogP contribution in [0.3, 0.4) is 0 Å². The summed E-state index contributed by atoms with van der Waals surface area (Å²) in [5.74, 6) is -0.0723. The van der Waals surface area contributed by atoms with Gasteiger partial charge in [-0.2, -0.15) is 0 Å². The Morgan fingerprint density at radius 2 is 1.94 bits per heavy atom. The predicted octanol–water partition coefficient (Wildman–Crippen LogP) is 3.89. The summed E-state index contributed by atoms with van der Waals surface area (Å²) in [4.78, 5) is 0. The lowest BCUT2D eigenvalue weighted by Gasteiger charge is -2.21.